The van der Waals surface area contributed by atoms with E-state index in [-0.39, 0.29) is 18.8 Å². The third-order valence-electron chi connectivity index (χ3n) is 4.24. The first-order valence-electron chi connectivity index (χ1n) is 7.39. The Morgan fingerprint density at radius 2 is 2.00 bits per heavy atom. The summed E-state index contributed by atoms with van der Waals surface area (Å²) >= 11 is 0. The van der Waals surface area contributed by atoms with Crippen LogP contribution < -0.4 is 5.32 Å². The number of nitrogens with one attached hydrogen (secondary N) is 1. The fourth-order valence-corrected chi connectivity index (χ4v) is 3.18. The molecule has 2 aliphatic rings. The summed E-state index contributed by atoms with van der Waals surface area (Å²) in [6.45, 7) is 6.39. The summed E-state index contributed by atoms with van der Waals surface area (Å²) in [7, 11) is 0. The standard InChI is InChI=1S/C14H26F2N2/c1-12(11-18-7-3-2-4-8-18)17-10-13-5-6-14(15,16)9-13/h12-13,17H,2-11H2,1H3. The highest BCUT2D eigenvalue weighted by atomic mass is 19.3. The van der Waals surface area contributed by atoms with E-state index in [1.807, 2.05) is 0 Å². The Labute approximate surface area is 109 Å². The van der Waals surface area contributed by atoms with Gasteiger partial charge in [0, 0.05) is 25.4 Å². The minimum atomic E-state index is -2.40. The summed E-state index contributed by atoms with van der Waals surface area (Å²) in [4.78, 5) is 2.49. The molecule has 0 aromatic rings. The van der Waals surface area contributed by atoms with Gasteiger partial charge >= 0.3 is 0 Å². The molecule has 2 unspecified atom stereocenters. The van der Waals surface area contributed by atoms with Crippen molar-refractivity contribution in [2.45, 2.75) is 57.4 Å². The van der Waals surface area contributed by atoms with Crippen LogP contribution in [-0.2, 0) is 0 Å². The Balaban J connectivity index is 1.61. The molecule has 0 aromatic heterocycles. The Morgan fingerprint density at radius 3 is 2.61 bits per heavy atom. The van der Waals surface area contributed by atoms with Crippen molar-refractivity contribution in [1.29, 1.82) is 0 Å². The van der Waals surface area contributed by atoms with Gasteiger partial charge in [0.1, 0.15) is 0 Å². The van der Waals surface area contributed by atoms with Crippen LogP contribution in [0.15, 0.2) is 0 Å². The van der Waals surface area contributed by atoms with Crippen molar-refractivity contribution in [1.82, 2.24) is 10.2 Å². The first-order valence-corrected chi connectivity index (χ1v) is 7.39. The fraction of sp³-hybridized carbons (Fsp3) is 1.00. The molecule has 4 heteroatoms. The zero-order valence-electron chi connectivity index (χ0n) is 11.4. The van der Waals surface area contributed by atoms with Crippen LogP contribution in [0.3, 0.4) is 0 Å². The summed E-state index contributed by atoms with van der Waals surface area (Å²) in [5.74, 6) is -2.23. The maximum Gasteiger partial charge on any atom is 0.248 e. The van der Waals surface area contributed by atoms with E-state index in [1.165, 1.54) is 32.4 Å². The third-order valence-corrected chi connectivity index (χ3v) is 4.24. The van der Waals surface area contributed by atoms with Crippen molar-refractivity contribution in [2.75, 3.05) is 26.2 Å². The van der Waals surface area contributed by atoms with Gasteiger partial charge in [-0.1, -0.05) is 6.42 Å². The smallest absolute Gasteiger partial charge is 0.248 e. The quantitative estimate of drug-likeness (QED) is 0.817. The van der Waals surface area contributed by atoms with E-state index in [1.54, 1.807) is 0 Å². The summed E-state index contributed by atoms with van der Waals surface area (Å²) < 4.78 is 26.1. The number of rotatable bonds is 5. The highest BCUT2D eigenvalue weighted by Gasteiger charge is 2.39. The summed E-state index contributed by atoms with van der Waals surface area (Å²) in [6.07, 6.45) is 4.81. The van der Waals surface area contributed by atoms with E-state index >= 15 is 0 Å². The number of likely N-dealkylation sites (tertiary alicyclic amines) is 1. The molecule has 2 fully saturated rings. The van der Waals surface area contributed by atoms with Gasteiger partial charge in [-0.3, -0.25) is 0 Å². The molecule has 2 atom stereocenters. The monoisotopic (exact) mass is 260 g/mol. The van der Waals surface area contributed by atoms with Gasteiger partial charge < -0.3 is 10.2 Å². The van der Waals surface area contributed by atoms with Gasteiger partial charge in [-0.15, -0.1) is 0 Å². The second-order valence-electron chi connectivity index (χ2n) is 6.14. The molecule has 2 nitrogen and oxygen atoms in total. The number of halogens is 2. The molecule has 1 saturated heterocycles. The van der Waals surface area contributed by atoms with Crippen molar-refractivity contribution in [3.8, 4) is 0 Å². The molecule has 18 heavy (non-hydrogen) atoms. The topological polar surface area (TPSA) is 15.3 Å². The second kappa shape index (κ2) is 6.29. The first-order chi connectivity index (χ1) is 8.55. The van der Waals surface area contributed by atoms with Crippen molar-refractivity contribution in [2.24, 2.45) is 5.92 Å². The van der Waals surface area contributed by atoms with Crippen LogP contribution in [-0.4, -0.2) is 43.0 Å². The van der Waals surface area contributed by atoms with Crippen molar-refractivity contribution < 1.29 is 8.78 Å². The van der Waals surface area contributed by atoms with Crippen LogP contribution in [0.4, 0.5) is 8.78 Å². The van der Waals surface area contributed by atoms with Crippen LogP contribution in [0.1, 0.15) is 45.4 Å². The highest BCUT2D eigenvalue weighted by molar-refractivity contribution is 4.83. The van der Waals surface area contributed by atoms with E-state index in [9.17, 15) is 8.78 Å². The molecule has 1 saturated carbocycles. The average molecular weight is 260 g/mol. The zero-order chi connectivity index (χ0) is 13.0. The van der Waals surface area contributed by atoms with Gasteiger partial charge in [0.15, 0.2) is 0 Å². The molecule has 2 rings (SSSR count). The molecular formula is C14H26F2N2. The molecule has 1 aliphatic heterocycles. The predicted molar refractivity (Wildman–Crippen MR) is 70.0 cm³/mol. The molecule has 0 spiro atoms. The number of hydrogen-bond donors (Lipinski definition) is 1. The van der Waals surface area contributed by atoms with Crippen LogP contribution >= 0.6 is 0 Å². The van der Waals surface area contributed by atoms with Crippen molar-refractivity contribution in [3.63, 3.8) is 0 Å². The molecule has 0 radical (unpaired) electrons. The average Bonchev–Trinajstić information content (AvgIpc) is 2.68. The van der Waals surface area contributed by atoms with Gasteiger partial charge in [0.2, 0.25) is 5.92 Å². The van der Waals surface area contributed by atoms with Crippen molar-refractivity contribution in [3.05, 3.63) is 0 Å². The maximum absolute atomic E-state index is 13.1. The largest absolute Gasteiger partial charge is 0.313 e. The Bertz CT molecular complexity index is 252. The normalized spacial score (nSPS) is 30.5. The Kier molecular flexibility index (Phi) is 4.96. The van der Waals surface area contributed by atoms with E-state index < -0.39 is 5.92 Å². The predicted octanol–water partition coefficient (Wildman–Crippen LogP) is 2.89. The summed E-state index contributed by atoms with van der Waals surface area (Å²) in [5.41, 5.74) is 0. The molecule has 0 bridgehead atoms. The number of piperidine rings is 1. The molecule has 1 aliphatic carbocycles. The van der Waals surface area contributed by atoms with Crippen LogP contribution in [0.25, 0.3) is 0 Å². The molecular weight excluding hydrogens is 234 g/mol. The summed E-state index contributed by atoms with van der Waals surface area (Å²) in [6, 6.07) is 0.414. The zero-order valence-corrected chi connectivity index (χ0v) is 11.4. The van der Waals surface area contributed by atoms with Crippen LogP contribution in [0, 0.1) is 5.92 Å². The van der Waals surface area contributed by atoms with Crippen LogP contribution in [0.5, 0.6) is 0 Å². The summed E-state index contributed by atoms with van der Waals surface area (Å²) in [5, 5.41) is 3.43. The third kappa shape index (κ3) is 4.47. The SMILES string of the molecule is CC(CN1CCCCC1)NCC1CCC(F)(F)C1. The minimum Gasteiger partial charge on any atom is -0.313 e. The van der Waals surface area contributed by atoms with Gasteiger partial charge in [-0.2, -0.15) is 0 Å². The maximum atomic E-state index is 13.1. The number of hydrogen-bond acceptors (Lipinski definition) is 2. The van der Waals surface area contributed by atoms with Gasteiger partial charge in [0.05, 0.1) is 0 Å². The lowest BCUT2D eigenvalue weighted by molar-refractivity contribution is 0.00495. The molecule has 0 aromatic carbocycles. The first kappa shape index (κ1) is 14.2. The molecule has 0 amide bonds. The van der Waals surface area contributed by atoms with Crippen molar-refractivity contribution >= 4 is 0 Å². The fourth-order valence-electron chi connectivity index (χ4n) is 3.18. The highest BCUT2D eigenvalue weighted by Crippen LogP contribution is 2.38. The minimum absolute atomic E-state index is 0.0798. The number of alkyl halides is 2. The second-order valence-corrected chi connectivity index (χ2v) is 6.14. The Hall–Kier alpha value is -0.220. The van der Waals surface area contributed by atoms with E-state index in [4.69, 9.17) is 0 Å². The Morgan fingerprint density at radius 1 is 1.28 bits per heavy atom. The lowest BCUT2D eigenvalue weighted by atomic mass is 10.1. The molecule has 106 valence electrons. The van der Waals surface area contributed by atoms with E-state index in [2.05, 4.69) is 17.1 Å². The lowest BCUT2D eigenvalue weighted by Gasteiger charge is -2.29. The van der Waals surface area contributed by atoms with Gasteiger partial charge in [-0.05, 0) is 51.7 Å². The van der Waals surface area contributed by atoms with E-state index in [0.29, 0.717) is 12.5 Å². The molecule has 1 heterocycles. The van der Waals surface area contributed by atoms with Crippen LogP contribution in [0.2, 0.25) is 0 Å². The number of nitrogens with zero attached hydrogens (tertiary/aromatic N) is 1. The molecule has 1 N–H and O–H groups in total. The van der Waals surface area contributed by atoms with E-state index in [0.717, 1.165) is 13.1 Å². The van der Waals surface area contributed by atoms with Gasteiger partial charge in [0.25, 0.3) is 0 Å². The lowest BCUT2D eigenvalue weighted by Crippen LogP contribution is -2.42. The van der Waals surface area contributed by atoms with Gasteiger partial charge in [-0.25, -0.2) is 8.78 Å².